The number of carboxylic acids is 1. The van der Waals surface area contributed by atoms with E-state index in [1.165, 1.54) is 17.1 Å². The first-order valence-electron chi connectivity index (χ1n) is 11.1. The number of nitrogens with zero attached hydrogens (tertiary/aromatic N) is 3. The van der Waals surface area contributed by atoms with Crippen LogP contribution in [0.15, 0.2) is 21.3 Å². The topological polar surface area (TPSA) is 189 Å². The summed E-state index contributed by atoms with van der Waals surface area (Å²) in [5.41, 5.74) is -1.13. The number of thiazole rings is 1. The van der Waals surface area contributed by atoms with Crippen molar-refractivity contribution in [3.05, 3.63) is 21.8 Å². The van der Waals surface area contributed by atoms with Crippen LogP contribution in [0.3, 0.4) is 0 Å². The van der Waals surface area contributed by atoms with E-state index < -0.39 is 40.9 Å². The summed E-state index contributed by atoms with van der Waals surface area (Å²) in [7, 11) is 0. The lowest BCUT2D eigenvalue weighted by molar-refractivity contribution is -0.150. The number of amides is 4. The molecule has 1 fully saturated rings. The number of aromatic nitrogens is 1. The van der Waals surface area contributed by atoms with Crippen LogP contribution < -0.4 is 16.0 Å². The maximum absolute atomic E-state index is 13.1. The van der Waals surface area contributed by atoms with Gasteiger partial charge in [0, 0.05) is 24.1 Å². The van der Waals surface area contributed by atoms with E-state index in [0.29, 0.717) is 12.8 Å². The van der Waals surface area contributed by atoms with Gasteiger partial charge in [-0.2, -0.15) is 0 Å². The molecule has 3 heterocycles. The maximum atomic E-state index is 13.1. The quantitative estimate of drug-likeness (QED) is 0.0963. The largest absolute Gasteiger partial charge is 0.477 e. The Labute approximate surface area is 230 Å². The monoisotopic (exact) mass is 588 g/mol. The Bertz CT molecular complexity index is 1180. The van der Waals surface area contributed by atoms with Gasteiger partial charge in [-0.1, -0.05) is 16.8 Å². The van der Waals surface area contributed by atoms with Crippen molar-refractivity contribution in [2.24, 2.45) is 5.16 Å². The molecule has 0 radical (unpaired) electrons. The maximum Gasteiger partial charge on any atom is 0.407 e. The van der Waals surface area contributed by atoms with E-state index in [4.69, 9.17) is 21.2 Å². The number of hydrogen-bond donors (Lipinski definition) is 4. The lowest BCUT2D eigenvalue weighted by atomic mass is 10.0. The molecular formula is C21H25ClN6O8S2. The molecule has 0 aliphatic carbocycles. The molecule has 0 aromatic carbocycles. The van der Waals surface area contributed by atoms with Crippen molar-refractivity contribution in [3.8, 4) is 0 Å². The fraction of sp³-hybridized carbons (Fsp3) is 0.476. The number of oxime groups is 1. The third kappa shape index (κ3) is 7.14. The number of ether oxygens (including phenoxy) is 1. The number of carbonyl (C=O) groups excluding carboxylic acids is 4. The van der Waals surface area contributed by atoms with E-state index >= 15 is 0 Å². The molecule has 1 saturated heterocycles. The molecular weight excluding hydrogens is 564 g/mol. The average Bonchev–Trinajstić information content (AvgIpc) is 3.28. The normalized spacial score (nSPS) is 19.2. The summed E-state index contributed by atoms with van der Waals surface area (Å²) < 4.78 is 5.13. The van der Waals surface area contributed by atoms with E-state index in [0.717, 1.165) is 16.2 Å². The number of β-lactam (4-membered cyclic amide) rings is 1. The van der Waals surface area contributed by atoms with Crippen LogP contribution in [-0.2, 0) is 28.8 Å². The molecule has 1 aromatic heterocycles. The molecule has 14 nitrogen and oxygen atoms in total. The summed E-state index contributed by atoms with van der Waals surface area (Å²) >= 11 is 8.23. The number of rotatable bonds is 11. The van der Waals surface area contributed by atoms with Crippen LogP contribution in [0, 0.1) is 0 Å². The van der Waals surface area contributed by atoms with Crippen LogP contribution in [0.4, 0.5) is 9.93 Å². The number of anilines is 1. The van der Waals surface area contributed by atoms with Crippen molar-refractivity contribution in [1.29, 1.82) is 0 Å². The fourth-order valence-electron chi connectivity index (χ4n) is 3.25. The predicted molar refractivity (Wildman–Crippen MR) is 139 cm³/mol. The molecule has 2 atom stereocenters. The van der Waals surface area contributed by atoms with Gasteiger partial charge in [0.25, 0.3) is 11.8 Å². The summed E-state index contributed by atoms with van der Waals surface area (Å²) in [6, 6.07) is -1.03. The second-order valence-corrected chi connectivity index (χ2v) is 11.2. The second-order valence-electron chi connectivity index (χ2n) is 8.78. The number of halogens is 1. The molecule has 38 heavy (non-hydrogen) atoms. The SMILES string of the molecule is CC(C)(C)OC(=O)NCCCO/N=C(\C(=O)NC1C(=O)N2C(C(=O)O)=C(Cl)CS[C@H]12)c1csc(NC=O)n1. The van der Waals surface area contributed by atoms with Crippen LogP contribution >= 0.6 is 34.7 Å². The van der Waals surface area contributed by atoms with Gasteiger partial charge in [-0.25, -0.2) is 14.6 Å². The van der Waals surface area contributed by atoms with E-state index in [2.05, 4.69) is 26.1 Å². The number of carboxylic acid groups (broad SMARTS) is 1. The van der Waals surface area contributed by atoms with Crippen LogP contribution in [0.1, 0.15) is 32.9 Å². The first-order chi connectivity index (χ1) is 17.9. The number of aliphatic carboxylic acids is 1. The van der Waals surface area contributed by atoms with Crippen LogP contribution in [0.5, 0.6) is 0 Å². The number of thioether (sulfide) groups is 1. The van der Waals surface area contributed by atoms with Crippen LogP contribution in [0.2, 0.25) is 0 Å². The molecule has 4 amide bonds. The van der Waals surface area contributed by atoms with Crippen LogP contribution in [0.25, 0.3) is 0 Å². The first kappa shape index (κ1) is 29.2. The van der Waals surface area contributed by atoms with Crippen LogP contribution in [-0.4, -0.2) is 86.9 Å². The summed E-state index contributed by atoms with van der Waals surface area (Å²) in [4.78, 5) is 70.1. The summed E-state index contributed by atoms with van der Waals surface area (Å²) in [6.07, 6.45) is 0.182. The highest BCUT2D eigenvalue weighted by atomic mass is 35.5. The number of carbonyl (C=O) groups is 5. The van der Waals surface area contributed by atoms with Crippen molar-refractivity contribution >= 4 is 75.8 Å². The van der Waals surface area contributed by atoms with E-state index in [1.54, 1.807) is 20.8 Å². The first-order valence-corrected chi connectivity index (χ1v) is 13.4. The molecule has 2 aliphatic rings. The van der Waals surface area contributed by atoms with Crippen molar-refractivity contribution in [2.75, 3.05) is 24.2 Å². The number of hydrogen-bond acceptors (Lipinski definition) is 11. The Balaban J connectivity index is 1.64. The molecule has 206 valence electrons. The third-order valence-electron chi connectivity index (χ3n) is 4.79. The van der Waals surface area contributed by atoms with Gasteiger partial charge in [0.1, 0.15) is 35.0 Å². The second kappa shape index (κ2) is 12.4. The van der Waals surface area contributed by atoms with Crippen molar-refractivity contribution in [3.63, 3.8) is 0 Å². The molecule has 2 aliphatic heterocycles. The van der Waals surface area contributed by atoms with Crippen molar-refractivity contribution in [2.45, 2.75) is 44.2 Å². The van der Waals surface area contributed by atoms with Gasteiger partial charge >= 0.3 is 12.1 Å². The van der Waals surface area contributed by atoms with Gasteiger partial charge in [-0.3, -0.25) is 19.3 Å². The minimum atomic E-state index is -1.34. The fourth-order valence-corrected chi connectivity index (χ4v) is 5.45. The predicted octanol–water partition coefficient (Wildman–Crippen LogP) is 1.28. The Hall–Kier alpha value is -3.37. The smallest absolute Gasteiger partial charge is 0.407 e. The highest BCUT2D eigenvalue weighted by Crippen LogP contribution is 2.41. The van der Waals surface area contributed by atoms with Crippen molar-refractivity contribution in [1.82, 2.24) is 20.5 Å². The number of fused-ring (bicyclic) bond motifs is 1. The lowest BCUT2D eigenvalue weighted by Crippen LogP contribution is -2.71. The van der Waals surface area contributed by atoms with Gasteiger partial charge in [-0.15, -0.1) is 23.1 Å². The number of alkyl carbamates (subject to hydrolysis) is 1. The summed E-state index contributed by atoms with van der Waals surface area (Å²) in [5.74, 6) is -2.61. The molecule has 3 rings (SSSR count). The molecule has 0 saturated carbocycles. The average molecular weight is 589 g/mol. The number of nitrogens with one attached hydrogen (secondary N) is 3. The van der Waals surface area contributed by atoms with E-state index in [-0.39, 0.29) is 46.2 Å². The Morgan fingerprint density at radius 3 is 2.76 bits per heavy atom. The van der Waals surface area contributed by atoms with Gasteiger partial charge < -0.3 is 30.6 Å². The van der Waals surface area contributed by atoms with Gasteiger partial charge in [0.2, 0.25) is 6.41 Å². The van der Waals surface area contributed by atoms with Gasteiger partial charge in [0.15, 0.2) is 10.8 Å². The highest BCUT2D eigenvalue weighted by Gasteiger charge is 2.54. The van der Waals surface area contributed by atoms with Gasteiger partial charge in [0.05, 0.1) is 5.03 Å². The minimum Gasteiger partial charge on any atom is -0.477 e. The zero-order valence-electron chi connectivity index (χ0n) is 20.5. The zero-order valence-corrected chi connectivity index (χ0v) is 22.9. The lowest BCUT2D eigenvalue weighted by Gasteiger charge is -2.48. The molecule has 4 N–H and O–H groups in total. The van der Waals surface area contributed by atoms with E-state index in [9.17, 15) is 29.1 Å². The standard InChI is InChI=1S/C21H25ClN6O8S2/c1-21(2,3)36-20(34)23-5-4-6-35-27-12(11-8-38-19(25-11)24-9-29)15(30)26-13-16(31)28-14(18(32)33)10(22)7-37-17(13)28/h8-9,13,17H,4-7H2,1-3H3,(H,23,34)(H,26,30)(H,32,33)(H,24,25,29)/b27-12-/t13?,17-/m1/s1. The van der Waals surface area contributed by atoms with Crippen molar-refractivity contribution < 1.29 is 38.7 Å². The summed E-state index contributed by atoms with van der Waals surface area (Å²) in [5, 5.41) is 21.8. The Morgan fingerprint density at radius 1 is 1.37 bits per heavy atom. The van der Waals surface area contributed by atoms with E-state index in [1.807, 2.05) is 0 Å². The highest BCUT2D eigenvalue weighted by molar-refractivity contribution is 8.00. The zero-order chi connectivity index (χ0) is 28.0. The molecule has 0 spiro atoms. The Morgan fingerprint density at radius 2 is 2.11 bits per heavy atom. The molecule has 1 unspecified atom stereocenters. The summed E-state index contributed by atoms with van der Waals surface area (Å²) in [6.45, 7) is 5.47. The third-order valence-corrected chi connectivity index (χ3v) is 7.32. The Kier molecular flexibility index (Phi) is 9.56. The molecule has 0 bridgehead atoms. The molecule has 17 heteroatoms. The minimum absolute atomic E-state index is 0.0238. The molecule has 1 aromatic rings. The van der Waals surface area contributed by atoms with Gasteiger partial charge in [-0.05, 0) is 20.8 Å².